The van der Waals surface area contributed by atoms with Gasteiger partial charge in [-0.1, -0.05) is 24.3 Å². The molecule has 1 aliphatic rings. The molecule has 0 amide bonds. The average Bonchev–Trinajstić information content (AvgIpc) is 3.10. The Hall–Kier alpha value is -1.36. The first kappa shape index (κ1) is 14.1. The van der Waals surface area contributed by atoms with Gasteiger partial charge in [0.2, 0.25) is 0 Å². The summed E-state index contributed by atoms with van der Waals surface area (Å²) >= 11 is 0. The summed E-state index contributed by atoms with van der Waals surface area (Å²) < 4.78 is 37.4. The van der Waals surface area contributed by atoms with Crippen LogP contribution in [-0.2, 0) is 0 Å². The summed E-state index contributed by atoms with van der Waals surface area (Å²) in [5, 5.41) is 0. The molecule has 0 heterocycles. The molecule has 0 radical (unpaired) electrons. The third kappa shape index (κ3) is 4.06. The van der Waals surface area contributed by atoms with Gasteiger partial charge in [-0.2, -0.15) is 13.2 Å². The Morgan fingerprint density at radius 1 is 1.32 bits per heavy atom. The molecule has 0 aliphatic heterocycles. The largest absolute Gasteiger partial charge is 0.401 e. The molecule has 0 bridgehead atoms. The molecule has 2 rings (SSSR count). The standard InChI is InChI=1S/C14H16F3NO/c1-10-4-2-3-5-12(10)13(19)8-18(11-6-7-11)9-14(15,16)17/h2-5,11H,6-9H2,1H3. The van der Waals surface area contributed by atoms with Gasteiger partial charge in [-0.25, -0.2) is 0 Å². The zero-order valence-corrected chi connectivity index (χ0v) is 10.7. The minimum atomic E-state index is -4.26. The van der Waals surface area contributed by atoms with Gasteiger partial charge in [-0.05, 0) is 25.3 Å². The smallest absolute Gasteiger partial charge is 0.293 e. The zero-order valence-electron chi connectivity index (χ0n) is 10.7. The lowest BCUT2D eigenvalue weighted by molar-refractivity contribution is -0.145. The number of ketones is 1. The number of Topliss-reactive ketones (excluding diaryl/α,β-unsaturated/α-hetero) is 1. The lowest BCUT2D eigenvalue weighted by atomic mass is 10.0. The first-order valence-corrected chi connectivity index (χ1v) is 6.26. The van der Waals surface area contributed by atoms with E-state index in [1.54, 1.807) is 31.2 Å². The molecule has 1 fully saturated rings. The van der Waals surface area contributed by atoms with Crippen molar-refractivity contribution in [3.63, 3.8) is 0 Å². The van der Waals surface area contributed by atoms with E-state index in [9.17, 15) is 18.0 Å². The van der Waals surface area contributed by atoms with Crippen molar-refractivity contribution in [3.05, 3.63) is 35.4 Å². The summed E-state index contributed by atoms with van der Waals surface area (Å²) in [4.78, 5) is 13.3. The number of nitrogens with zero attached hydrogens (tertiary/aromatic N) is 1. The van der Waals surface area contributed by atoms with Gasteiger partial charge in [0.25, 0.3) is 0 Å². The Morgan fingerprint density at radius 2 is 1.95 bits per heavy atom. The molecule has 0 unspecified atom stereocenters. The second kappa shape index (κ2) is 5.33. The van der Waals surface area contributed by atoms with Crippen molar-refractivity contribution >= 4 is 5.78 Å². The molecule has 1 saturated carbocycles. The maximum Gasteiger partial charge on any atom is 0.401 e. The highest BCUT2D eigenvalue weighted by atomic mass is 19.4. The molecule has 0 atom stereocenters. The van der Waals surface area contributed by atoms with Crippen molar-refractivity contribution in [1.82, 2.24) is 4.90 Å². The van der Waals surface area contributed by atoms with Crippen LogP contribution in [0.1, 0.15) is 28.8 Å². The van der Waals surface area contributed by atoms with Crippen molar-refractivity contribution in [3.8, 4) is 0 Å². The van der Waals surface area contributed by atoms with Crippen molar-refractivity contribution in [2.75, 3.05) is 13.1 Å². The normalized spacial score (nSPS) is 15.8. The Kier molecular flexibility index (Phi) is 3.94. The molecular formula is C14H16F3NO. The van der Waals surface area contributed by atoms with Crippen molar-refractivity contribution in [1.29, 1.82) is 0 Å². The van der Waals surface area contributed by atoms with Crippen molar-refractivity contribution < 1.29 is 18.0 Å². The van der Waals surface area contributed by atoms with Gasteiger partial charge in [0.1, 0.15) is 0 Å². The summed E-state index contributed by atoms with van der Waals surface area (Å²) in [6, 6.07) is 6.90. The van der Waals surface area contributed by atoms with Crippen LogP contribution >= 0.6 is 0 Å². The monoisotopic (exact) mass is 271 g/mol. The van der Waals surface area contributed by atoms with E-state index in [1.807, 2.05) is 0 Å². The van der Waals surface area contributed by atoms with Crippen molar-refractivity contribution in [2.45, 2.75) is 32.0 Å². The van der Waals surface area contributed by atoms with Crippen LogP contribution in [0.5, 0.6) is 0 Å². The van der Waals surface area contributed by atoms with Crippen LogP contribution in [-0.4, -0.2) is 36.0 Å². The Bertz CT molecular complexity index is 466. The first-order chi connectivity index (χ1) is 8.87. The lowest BCUT2D eigenvalue weighted by Crippen LogP contribution is -2.39. The summed E-state index contributed by atoms with van der Waals surface area (Å²) in [6.07, 6.45) is -2.76. The maximum absolute atomic E-state index is 12.5. The Balaban J connectivity index is 2.05. The SMILES string of the molecule is Cc1ccccc1C(=O)CN(CC(F)(F)F)C1CC1. The highest BCUT2D eigenvalue weighted by molar-refractivity contribution is 5.98. The number of benzene rings is 1. The second-order valence-electron chi connectivity index (χ2n) is 4.99. The zero-order chi connectivity index (χ0) is 14.0. The molecule has 0 aromatic heterocycles. The highest BCUT2D eigenvalue weighted by Gasteiger charge is 2.38. The number of hydrogen-bond donors (Lipinski definition) is 0. The van der Waals surface area contributed by atoms with Gasteiger partial charge in [-0.3, -0.25) is 9.69 Å². The van der Waals surface area contributed by atoms with Crippen LogP contribution in [0, 0.1) is 6.92 Å². The topological polar surface area (TPSA) is 20.3 Å². The quantitative estimate of drug-likeness (QED) is 0.766. The number of carbonyl (C=O) groups is 1. The molecule has 0 saturated heterocycles. The first-order valence-electron chi connectivity index (χ1n) is 6.26. The number of rotatable bonds is 5. The predicted molar refractivity (Wildman–Crippen MR) is 66.2 cm³/mol. The van der Waals surface area contributed by atoms with Crippen LogP contribution in [0.4, 0.5) is 13.2 Å². The van der Waals surface area contributed by atoms with E-state index in [0.29, 0.717) is 5.56 Å². The minimum absolute atomic E-state index is 0.0883. The molecule has 2 nitrogen and oxygen atoms in total. The van der Waals surface area contributed by atoms with E-state index in [2.05, 4.69) is 0 Å². The van der Waals surface area contributed by atoms with Crippen LogP contribution in [0.2, 0.25) is 0 Å². The number of halogens is 3. The van der Waals surface area contributed by atoms with Crippen LogP contribution < -0.4 is 0 Å². The predicted octanol–water partition coefficient (Wildman–Crippen LogP) is 3.20. The van der Waals surface area contributed by atoms with Gasteiger partial charge in [-0.15, -0.1) is 0 Å². The van der Waals surface area contributed by atoms with Gasteiger partial charge < -0.3 is 0 Å². The van der Waals surface area contributed by atoms with Crippen molar-refractivity contribution in [2.24, 2.45) is 0 Å². The Labute approximate surface area is 110 Å². The van der Waals surface area contributed by atoms with Crippen LogP contribution in [0.25, 0.3) is 0 Å². The third-order valence-electron chi connectivity index (χ3n) is 3.24. The second-order valence-corrected chi connectivity index (χ2v) is 4.99. The van der Waals surface area contributed by atoms with E-state index >= 15 is 0 Å². The lowest BCUT2D eigenvalue weighted by Gasteiger charge is -2.22. The number of carbonyl (C=O) groups excluding carboxylic acids is 1. The highest BCUT2D eigenvalue weighted by Crippen LogP contribution is 2.30. The van der Waals surface area contributed by atoms with Gasteiger partial charge in [0, 0.05) is 11.6 Å². The summed E-state index contributed by atoms with van der Waals surface area (Å²) in [5.74, 6) is -0.241. The van der Waals surface area contributed by atoms with Crippen LogP contribution in [0.3, 0.4) is 0 Å². The average molecular weight is 271 g/mol. The fourth-order valence-corrected chi connectivity index (χ4v) is 2.14. The Morgan fingerprint density at radius 3 is 2.47 bits per heavy atom. The van der Waals surface area contributed by atoms with E-state index in [1.165, 1.54) is 4.90 Å². The molecule has 104 valence electrons. The van der Waals surface area contributed by atoms with Crippen LogP contribution in [0.15, 0.2) is 24.3 Å². The molecule has 0 spiro atoms. The number of hydrogen-bond acceptors (Lipinski definition) is 2. The minimum Gasteiger partial charge on any atom is -0.293 e. The molecule has 1 aromatic rings. The van der Waals surface area contributed by atoms with E-state index in [-0.39, 0.29) is 18.4 Å². The molecule has 1 aromatic carbocycles. The summed E-state index contributed by atoms with van der Waals surface area (Å²) in [7, 11) is 0. The van der Waals surface area contributed by atoms with Gasteiger partial charge in [0.15, 0.2) is 5.78 Å². The molecular weight excluding hydrogens is 255 g/mol. The molecule has 0 N–H and O–H groups in total. The van der Waals surface area contributed by atoms with E-state index in [4.69, 9.17) is 0 Å². The fourth-order valence-electron chi connectivity index (χ4n) is 2.14. The summed E-state index contributed by atoms with van der Waals surface area (Å²) in [5.41, 5.74) is 1.31. The third-order valence-corrected chi connectivity index (χ3v) is 3.24. The van der Waals surface area contributed by atoms with E-state index in [0.717, 1.165) is 18.4 Å². The maximum atomic E-state index is 12.5. The number of alkyl halides is 3. The molecule has 1 aliphatic carbocycles. The van der Waals surface area contributed by atoms with Gasteiger partial charge in [0.05, 0.1) is 13.1 Å². The van der Waals surface area contributed by atoms with E-state index < -0.39 is 12.7 Å². The number of aryl methyl sites for hydroxylation is 1. The molecule has 19 heavy (non-hydrogen) atoms. The molecule has 5 heteroatoms. The van der Waals surface area contributed by atoms with Gasteiger partial charge >= 0.3 is 6.18 Å². The summed E-state index contributed by atoms with van der Waals surface area (Å²) in [6.45, 7) is 0.628. The fraction of sp³-hybridized carbons (Fsp3) is 0.500.